The molecule has 2 atom stereocenters. The zero-order chi connectivity index (χ0) is 11.9. The number of carbonyl (C=O) groups excluding carboxylic acids is 1. The van der Waals surface area contributed by atoms with E-state index in [1.54, 1.807) is 0 Å². The Hall–Kier alpha value is -0.570. The Balaban J connectivity index is 3.00. The molecule has 15 heavy (non-hydrogen) atoms. The summed E-state index contributed by atoms with van der Waals surface area (Å²) in [6.07, 6.45) is 1.05. The van der Waals surface area contributed by atoms with E-state index in [1.807, 2.05) is 27.7 Å². The number of carbonyl (C=O) groups is 1. The van der Waals surface area contributed by atoms with Gasteiger partial charge in [-0.1, -0.05) is 27.7 Å². The highest BCUT2D eigenvalue weighted by molar-refractivity contribution is 5.73. The van der Waals surface area contributed by atoms with Gasteiger partial charge in [0, 0.05) is 0 Å². The van der Waals surface area contributed by atoms with Crippen molar-refractivity contribution in [3.8, 4) is 0 Å². The Morgan fingerprint density at radius 2 is 1.73 bits per heavy atom. The molecule has 1 saturated carbocycles. The van der Waals surface area contributed by atoms with E-state index in [1.165, 1.54) is 7.11 Å². The van der Waals surface area contributed by atoms with Gasteiger partial charge in [0.1, 0.15) is 0 Å². The molecule has 0 aromatic carbocycles. The first-order valence-electron chi connectivity index (χ1n) is 5.51. The minimum atomic E-state index is -0.339. The molecular formula is C12H22O3. The van der Waals surface area contributed by atoms with Gasteiger partial charge in [0.15, 0.2) is 0 Å². The molecule has 3 nitrogen and oxygen atoms in total. The molecule has 88 valence electrons. The summed E-state index contributed by atoms with van der Waals surface area (Å²) in [5, 5.41) is 9.99. The van der Waals surface area contributed by atoms with Gasteiger partial charge in [0.25, 0.3) is 0 Å². The van der Waals surface area contributed by atoms with Crippen LogP contribution in [0.4, 0.5) is 0 Å². The third kappa shape index (κ3) is 1.78. The molecule has 0 saturated heterocycles. The van der Waals surface area contributed by atoms with Gasteiger partial charge in [0.05, 0.1) is 19.1 Å². The maximum absolute atomic E-state index is 11.7. The fourth-order valence-corrected chi connectivity index (χ4v) is 2.48. The zero-order valence-electron chi connectivity index (χ0n) is 10.3. The van der Waals surface area contributed by atoms with E-state index in [0.717, 1.165) is 0 Å². The molecule has 1 aliphatic carbocycles. The van der Waals surface area contributed by atoms with Crippen LogP contribution in [0.3, 0.4) is 0 Å². The highest BCUT2D eigenvalue weighted by Gasteiger charge is 2.53. The van der Waals surface area contributed by atoms with E-state index in [-0.39, 0.29) is 28.8 Å². The Morgan fingerprint density at radius 3 is 2.20 bits per heavy atom. The van der Waals surface area contributed by atoms with Crippen LogP contribution in [0.1, 0.15) is 40.5 Å². The van der Waals surface area contributed by atoms with E-state index in [9.17, 15) is 9.90 Å². The number of aliphatic hydroxyl groups is 1. The van der Waals surface area contributed by atoms with Crippen LogP contribution in [-0.4, -0.2) is 24.3 Å². The third-order valence-corrected chi connectivity index (χ3v) is 4.58. The fourth-order valence-electron chi connectivity index (χ4n) is 2.48. The van der Waals surface area contributed by atoms with Gasteiger partial charge in [-0.05, 0) is 23.7 Å². The monoisotopic (exact) mass is 214 g/mol. The van der Waals surface area contributed by atoms with Crippen molar-refractivity contribution in [2.75, 3.05) is 7.11 Å². The highest BCUT2D eigenvalue weighted by atomic mass is 16.5. The van der Waals surface area contributed by atoms with Crippen molar-refractivity contribution in [2.24, 2.45) is 16.7 Å². The van der Waals surface area contributed by atoms with Crippen LogP contribution in [0, 0.1) is 16.7 Å². The lowest BCUT2D eigenvalue weighted by Crippen LogP contribution is -2.53. The summed E-state index contributed by atoms with van der Waals surface area (Å²) in [5.41, 5.74) is -0.498. The molecule has 0 aliphatic heterocycles. The first kappa shape index (κ1) is 12.5. The van der Waals surface area contributed by atoms with Crippen molar-refractivity contribution in [2.45, 2.75) is 46.6 Å². The largest absolute Gasteiger partial charge is 0.469 e. The second-order valence-electron chi connectivity index (χ2n) is 5.61. The Bertz CT molecular complexity index is 256. The van der Waals surface area contributed by atoms with Crippen LogP contribution < -0.4 is 0 Å². The number of rotatable bonds is 1. The lowest BCUT2D eigenvalue weighted by atomic mass is 9.53. The van der Waals surface area contributed by atoms with Crippen molar-refractivity contribution in [1.82, 2.24) is 0 Å². The standard InChI is InChI=1S/C12H22O3/c1-11(2)8(10(14)15-5)6-7-9(13)12(11,3)4/h8-9,13H,6-7H2,1-5H3. The van der Waals surface area contributed by atoms with Gasteiger partial charge in [-0.15, -0.1) is 0 Å². The van der Waals surface area contributed by atoms with Crippen LogP contribution in [0.5, 0.6) is 0 Å². The summed E-state index contributed by atoms with van der Waals surface area (Å²) in [6.45, 7) is 8.12. The van der Waals surface area contributed by atoms with Crippen molar-refractivity contribution >= 4 is 5.97 Å². The molecule has 0 heterocycles. The van der Waals surface area contributed by atoms with Gasteiger partial charge in [-0.25, -0.2) is 0 Å². The number of ether oxygens (including phenoxy) is 1. The maximum Gasteiger partial charge on any atom is 0.309 e. The second-order valence-corrected chi connectivity index (χ2v) is 5.61. The normalized spacial score (nSPS) is 33.5. The van der Waals surface area contributed by atoms with Crippen molar-refractivity contribution in [3.05, 3.63) is 0 Å². The van der Waals surface area contributed by atoms with Crippen LogP contribution in [0.2, 0.25) is 0 Å². The minimum Gasteiger partial charge on any atom is -0.469 e. The fraction of sp³-hybridized carbons (Fsp3) is 0.917. The average molecular weight is 214 g/mol. The van der Waals surface area contributed by atoms with Crippen molar-refractivity contribution in [3.63, 3.8) is 0 Å². The molecular weight excluding hydrogens is 192 g/mol. The summed E-state index contributed by atoms with van der Waals surface area (Å²) in [7, 11) is 1.43. The van der Waals surface area contributed by atoms with Gasteiger partial charge in [0.2, 0.25) is 0 Å². The van der Waals surface area contributed by atoms with Gasteiger partial charge < -0.3 is 9.84 Å². The smallest absolute Gasteiger partial charge is 0.309 e. The average Bonchev–Trinajstić information content (AvgIpc) is 2.14. The number of methoxy groups -OCH3 is 1. The quantitative estimate of drug-likeness (QED) is 0.679. The zero-order valence-corrected chi connectivity index (χ0v) is 10.3. The molecule has 1 N–H and O–H groups in total. The summed E-state index contributed by atoms with van der Waals surface area (Å²) in [5.74, 6) is -0.263. The molecule has 0 bridgehead atoms. The van der Waals surface area contributed by atoms with Gasteiger partial charge in [-0.2, -0.15) is 0 Å². The van der Waals surface area contributed by atoms with E-state index in [0.29, 0.717) is 12.8 Å². The molecule has 2 unspecified atom stereocenters. The molecule has 0 aromatic rings. The first-order chi connectivity index (χ1) is 6.75. The number of hydrogen-bond acceptors (Lipinski definition) is 3. The predicted molar refractivity (Wildman–Crippen MR) is 58.3 cm³/mol. The highest BCUT2D eigenvalue weighted by Crippen LogP contribution is 2.53. The van der Waals surface area contributed by atoms with E-state index < -0.39 is 0 Å². The maximum atomic E-state index is 11.7. The van der Waals surface area contributed by atoms with Crippen LogP contribution >= 0.6 is 0 Å². The summed E-state index contributed by atoms with van der Waals surface area (Å²) >= 11 is 0. The third-order valence-electron chi connectivity index (χ3n) is 4.58. The number of aliphatic hydroxyl groups excluding tert-OH is 1. The van der Waals surface area contributed by atoms with Crippen molar-refractivity contribution in [1.29, 1.82) is 0 Å². The molecule has 0 spiro atoms. The van der Waals surface area contributed by atoms with Crippen LogP contribution in [0.15, 0.2) is 0 Å². The lowest BCUT2D eigenvalue weighted by molar-refractivity contribution is -0.166. The topological polar surface area (TPSA) is 46.5 Å². The molecule has 0 aromatic heterocycles. The van der Waals surface area contributed by atoms with Gasteiger partial charge >= 0.3 is 5.97 Å². The lowest BCUT2D eigenvalue weighted by Gasteiger charge is -2.52. The van der Waals surface area contributed by atoms with Crippen LogP contribution in [0.25, 0.3) is 0 Å². The van der Waals surface area contributed by atoms with Crippen LogP contribution in [-0.2, 0) is 9.53 Å². The SMILES string of the molecule is COC(=O)C1CCC(O)C(C)(C)C1(C)C. The summed E-state index contributed by atoms with van der Waals surface area (Å²) < 4.78 is 4.83. The van der Waals surface area contributed by atoms with E-state index in [2.05, 4.69) is 0 Å². The molecule has 1 rings (SSSR count). The Morgan fingerprint density at radius 1 is 1.20 bits per heavy atom. The van der Waals surface area contributed by atoms with E-state index in [4.69, 9.17) is 4.74 Å². The second kappa shape index (κ2) is 3.78. The number of esters is 1. The predicted octanol–water partition coefficient (Wildman–Crippen LogP) is 1.98. The molecule has 3 heteroatoms. The summed E-state index contributed by atoms with van der Waals surface area (Å²) in [4.78, 5) is 11.7. The Kier molecular flexibility index (Phi) is 3.15. The van der Waals surface area contributed by atoms with Crippen molar-refractivity contribution < 1.29 is 14.6 Å². The van der Waals surface area contributed by atoms with E-state index >= 15 is 0 Å². The minimum absolute atomic E-state index is 0.110. The molecule has 1 aliphatic rings. The Labute approximate surface area is 91.8 Å². The molecule has 1 fully saturated rings. The molecule has 0 radical (unpaired) electrons. The number of hydrogen-bond donors (Lipinski definition) is 1. The summed E-state index contributed by atoms with van der Waals surface area (Å²) in [6, 6.07) is 0. The molecule has 0 amide bonds. The van der Waals surface area contributed by atoms with Gasteiger partial charge in [-0.3, -0.25) is 4.79 Å². The first-order valence-corrected chi connectivity index (χ1v) is 5.51.